The van der Waals surface area contributed by atoms with Gasteiger partial charge in [0.15, 0.2) is 0 Å². The summed E-state index contributed by atoms with van der Waals surface area (Å²) < 4.78 is 1.83. The van der Waals surface area contributed by atoms with Gasteiger partial charge in [0.25, 0.3) is 0 Å². The molecule has 3 saturated heterocycles. The van der Waals surface area contributed by atoms with Gasteiger partial charge in [-0.15, -0.1) is 0 Å². The summed E-state index contributed by atoms with van der Waals surface area (Å²) in [4.78, 5) is 45.7. The maximum Gasteiger partial charge on any atom is 0.243 e. The van der Waals surface area contributed by atoms with Crippen molar-refractivity contribution >= 4 is 28.6 Å². The molecule has 4 atom stereocenters. The van der Waals surface area contributed by atoms with Gasteiger partial charge in [0.2, 0.25) is 17.7 Å². The molecule has 44 heavy (non-hydrogen) atoms. The fourth-order valence-electron chi connectivity index (χ4n) is 7.79. The van der Waals surface area contributed by atoms with Crippen molar-refractivity contribution in [1.29, 1.82) is 0 Å². The second kappa shape index (κ2) is 11.7. The highest BCUT2D eigenvalue weighted by Crippen LogP contribution is 2.53. The minimum Gasteiger partial charge on any atom is -0.350 e. The van der Waals surface area contributed by atoms with Crippen molar-refractivity contribution in [2.75, 3.05) is 26.2 Å². The van der Waals surface area contributed by atoms with Gasteiger partial charge in [0, 0.05) is 38.6 Å². The summed E-state index contributed by atoms with van der Waals surface area (Å²) in [6.45, 7) is 5.31. The molecule has 9 nitrogen and oxygen atoms in total. The van der Waals surface area contributed by atoms with Crippen LogP contribution in [-0.4, -0.2) is 75.6 Å². The number of hydrogen-bond acceptors (Lipinski definition) is 5. The smallest absolute Gasteiger partial charge is 0.243 e. The van der Waals surface area contributed by atoms with E-state index in [0.717, 1.165) is 48.8 Å². The zero-order valence-electron chi connectivity index (χ0n) is 25.9. The van der Waals surface area contributed by atoms with Gasteiger partial charge in [-0.3, -0.25) is 19.1 Å². The normalized spacial score (nSPS) is 26.0. The number of carbonyl (C=O) groups is 3. The second-order valence-corrected chi connectivity index (χ2v) is 13.9. The summed E-state index contributed by atoms with van der Waals surface area (Å²) in [6, 6.07) is 13.4. The van der Waals surface area contributed by atoms with Crippen molar-refractivity contribution in [1.82, 2.24) is 30.2 Å². The van der Waals surface area contributed by atoms with Crippen molar-refractivity contribution < 1.29 is 14.4 Å². The van der Waals surface area contributed by atoms with Gasteiger partial charge in [-0.2, -0.15) is 5.10 Å². The molecule has 1 spiro atoms. The maximum atomic E-state index is 14.4. The topological polar surface area (TPSA) is 99.6 Å². The van der Waals surface area contributed by atoms with Crippen LogP contribution in [0.3, 0.4) is 0 Å². The first-order valence-electron chi connectivity index (χ1n) is 16.4. The third-order valence-electron chi connectivity index (χ3n) is 10.6. The summed E-state index contributed by atoms with van der Waals surface area (Å²) in [5.41, 5.74) is 4.80. The molecule has 3 amide bonds. The highest BCUT2D eigenvalue weighted by molar-refractivity contribution is 5.94. The molecule has 3 aliphatic heterocycles. The van der Waals surface area contributed by atoms with E-state index >= 15 is 0 Å². The molecule has 9 heteroatoms. The molecule has 0 bridgehead atoms. The largest absolute Gasteiger partial charge is 0.350 e. The lowest BCUT2D eigenvalue weighted by Crippen LogP contribution is -2.59. The summed E-state index contributed by atoms with van der Waals surface area (Å²) in [6.07, 6.45) is 8.33. The van der Waals surface area contributed by atoms with Crippen molar-refractivity contribution in [3.05, 3.63) is 65.4 Å². The van der Waals surface area contributed by atoms with E-state index < -0.39 is 12.1 Å². The number of nitrogens with one attached hydrogen (secondary N) is 2. The average Bonchev–Trinajstić information content (AvgIpc) is 3.31. The van der Waals surface area contributed by atoms with Crippen LogP contribution in [0.15, 0.2) is 48.7 Å². The van der Waals surface area contributed by atoms with Crippen LogP contribution in [-0.2, 0) is 34.4 Å². The number of amides is 3. The number of likely N-dealkylation sites (tertiary alicyclic amines) is 2. The van der Waals surface area contributed by atoms with E-state index in [2.05, 4.69) is 46.9 Å². The molecule has 1 aliphatic carbocycles. The number of piperidine rings is 1. The SMILES string of the molecule is Cc1ccc(CC2CC(C(=O)NCc3ccc4c(cnn4C)c3)N(C(=O)[C@@H]3NCCC[C@@H]3C(=O)N3CCC4(CC4)C3)C2)cc1. The molecule has 3 aromatic rings. The zero-order valence-corrected chi connectivity index (χ0v) is 25.9. The Kier molecular flexibility index (Phi) is 7.69. The van der Waals surface area contributed by atoms with Gasteiger partial charge in [-0.1, -0.05) is 35.9 Å². The first-order chi connectivity index (χ1) is 21.3. The molecule has 0 radical (unpaired) electrons. The van der Waals surface area contributed by atoms with Crippen molar-refractivity contribution in [3.8, 4) is 0 Å². The Bertz CT molecular complexity index is 1560. The van der Waals surface area contributed by atoms with E-state index in [1.54, 1.807) is 4.90 Å². The Labute approximate surface area is 259 Å². The van der Waals surface area contributed by atoms with Gasteiger partial charge < -0.3 is 20.4 Å². The van der Waals surface area contributed by atoms with E-state index in [0.29, 0.717) is 37.9 Å². The van der Waals surface area contributed by atoms with Crippen LogP contribution in [0.25, 0.3) is 10.9 Å². The molecular weight excluding hydrogens is 552 g/mol. The van der Waals surface area contributed by atoms with Crippen LogP contribution in [0.2, 0.25) is 0 Å². The Morgan fingerprint density at radius 1 is 1.05 bits per heavy atom. The predicted molar refractivity (Wildman–Crippen MR) is 168 cm³/mol. The van der Waals surface area contributed by atoms with Crippen molar-refractivity contribution in [2.24, 2.45) is 24.3 Å². The monoisotopic (exact) mass is 596 g/mol. The van der Waals surface area contributed by atoms with Crippen LogP contribution in [0.1, 0.15) is 55.2 Å². The third-order valence-corrected chi connectivity index (χ3v) is 10.6. The summed E-state index contributed by atoms with van der Waals surface area (Å²) in [5.74, 6) is -0.343. The first-order valence-corrected chi connectivity index (χ1v) is 16.4. The van der Waals surface area contributed by atoms with Crippen LogP contribution < -0.4 is 10.6 Å². The van der Waals surface area contributed by atoms with E-state index in [1.807, 2.05) is 41.0 Å². The molecular formula is C35H44N6O3. The number of carbonyl (C=O) groups excluding carboxylic acids is 3. The summed E-state index contributed by atoms with van der Waals surface area (Å²) in [5, 5.41) is 11.9. The molecule has 4 fully saturated rings. The number of rotatable bonds is 7. The number of benzene rings is 2. The number of aromatic nitrogens is 2. The molecule has 2 unspecified atom stereocenters. The maximum absolute atomic E-state index is 14.4. The van der Waals surface area contributed by atoms with Gasteiger partial charge in [0.1, 0.15) is 6.04 Å². The Hall–Kier alpha value is -3.72. The summed E-state index contributed by atoms with van der Waals surface area (Å²) >= 11 is 0. The molecule has 7 rings (SSSR count). The molecule has 4 heterocycles. The van der Waals surface area contributed by atoms with E-state index in [1.165, 1.54) is 24.0 Å². The highest BCUT2D eigenvalue weighted by atomic mass is 16.2. The van der Waals surface area contributed by atoms with Crippen LogP contribution in [0.4, 0.5) is 0 Å². The highest BCUT2D eigenvalue weighted by Gasteiger charge is 2.51. The lowest BCUT2D eigenvalue weighted by atomic mass is 9.88. The number of hydrogen-bond donors (Lipinski definition) is 2. The van der Waals surface area contributed by atoms with Crippen LogP contribution >= 0.6 is 0 Å². The lowest BCUT2D eigenvalue weighted by molar-refractivity contribution is -0.147. The van der Waals surface area contributed by atoms with Gasteiger partial charge in [-0.05, 0) is 93.0 Å². The van der Waals surface area contributed by atoms with Crippen molar-refractivity contribution in [3.63, 3.8) is 0 Å². The predicted octanol–water partition coefficient (Wildman–Crippen LogP) is 3.34. The second-order valence-electron chi connectivity index (χ2n) is 13.9. The van der Waals surface area contributed by atoms with Crippen LogP contribution in [0, 0.1) is 24.2 Å². The van der Waals surface area contributed by atoms with E-state index in [4.69, 9.17) is 0 Å². The summed E-state index contributed by atoms with van der Waals surface area (Å²) in [7, 11) is 1.91. The van der Waals surface area contributed by atoms with E-state index in [9.17, 15) is 14.4 Å². The molecule has 2 N–H and O–H groups in total. The van der Waals surface area contributed by atoms with E-state index in [-0.39, 0.29) is 29.6 Å². The van der Waals surface area contributed by atoms with Gasteiger partial charge in [0.05, 0.1) is 23.7 Å². The average molecular weight is 597 g/mol. The Balaban J connectivity index is 1.08. The molecule has 1 aromatic heterocycles. The number of nitrogens with zero attached hydrogens (tertiary/aromatic N) is 4. The number of fused-ring (bicyclic) bond motifs is 1. The first kappa shape index (κ1) is 29.0. The van der Waals surface area contributed by atoms with Gasteiger partial charge >= 0.3 is 0 Å². The number of aryl methyl sites for hydroxylation is 2. The minimum absolute atomic E-state index is 0.105. The standard InChI is InChI=1S/C35H44N6O3/c1-23-5-7-24(8-6-23)16-26-18-30(32(42)37-19-25-9-10-29-27(17-25)20-38-39(29)2)41(21-26)34(44)31-28(4-3-14-36-31)33(43)40-15-13-35(22-40)11-12-35/h5-10,17,20,26,28,30-31,36H,3-4,11-16,18-19,21-22H2,1-2H3,(H,37,42)/t26?,28-,30?,31+/m0/s1. The van der Waals surface area contributed by atoms with Crippen LogP contribution in [0.5, 0.6) is 0 Å². The third kappa shape index (κ3) is 5.74. The molecule has 232 valence electrons. The Morgan fingerprint density at radius 2 is 1.84 bits per heavy atom. The quantitative estimate of drug-likeness (QED) is 0.436. The fraction of sp³-hybridized carbons (Fsp3) is 0.543. The van der Waals surface area contributed by atoms with Crippen molar-refractivity contribution in [2.45, 2.75) is 70.5 Å². The fourth-order valence-corrected chi connectivity index (χ4v) is 7.79. The molecule has 4 aliphatic rings. The Morgan fingerprint density at radius 3 is 2.61 bits per heavy atom. The lowest BCUT2D eigenvalue weighted by Gasteiger charge is -2.36. The molecule has 1 saturated carbocycles. The zero-order chi connectivity index (χ0) is 30.4. The van der Waals surface area contributed by atoms with Gasteiger partial charge in [-0.25, -0.2) is 0 Å². The molecule has 2 aromatic carbocycles. The minimum atomic E-state index is -0.589.